The predicted molar refractivity (Wildman–Crippen MR) is 132 cm³/mol. The fourth-order valence-corrected chi connectivity index (χ4v) is 4.84. The smallest absolute Gasteiger partial charge is 0.351 e. The minimum absolute atomic E-state index is 0.0687. The number of ether oxygens (including phenoxy) is 3. The van der Waals surface area contributed by atoms with Gasteiger partial charge < -0.3 is 24.0 Å². The molecule has 5 unspecified atom stereocenters. The van der Waals surface area contributed by atoms with Crippen molar-refractivity contribution in [3.63, 3.8) is 0 Å². The second kappa shape index (κ2) is 10.5. The third kappa shape index (κ3) is 5.64. The topological polar surface area (TPSA) is 101 Å². The Morgan fingerprint density at radius 3 is 2.59 bits per heavy atom. The SMILES string of the molecule is [2H]C([3H])OCC1OC(n2ccc(NC(=O)c3ccccc3)nc2=O)C(OC)C1O[Si](C)(C)C(C)(C)C. The van der Waals surface area contributed by atoms with Gasteiger partial charge in [-0.25, -0.2) is 4.79 Å². The lowest BCUT2D eigenvalue weighted by molar-refractivity contribution is -0.0667. The molecule has 0 radical (unpaired) electrons. The minimum atomic E-state index is -2.29. The highest BCUT2D eigenvalue weighted by atomic mass is 28.4. The Labute approximate surface area is 204 Å². The molecule has 34 heavy (non-hydrogen) atoms. The van der Waals surface area contributed by atoms with Crippen molar-refractivity contribution < 1.29 is 26.2 Å². The van der Waals surface area contributed by atoms with Gasteiger partial charge in [-0.1, -0.05) is 39.0 Å². The van der Waals surface area contributed by atoms with Crippen LogP contribution in [0.3, 0.4) is 0 Å². The number of methoxy groups -OCH3 is 2. The maximum Gasteiger partial charge on any atom is 0.351 e. The average Bonchev–Trinajstić information content (AvgIpc) is 3.13. The van der Waals surface area contributed by atoms with Crippen LogP contribution in [0.25, 0.3) is 0 Å². The molecule has 0 aliphatic carbocycles. The number of hydrogen-bond acceptors (Lipinski definition) is 7. The molecule has 9 nitrogen and oxygen atoms in total. The second-order valence-electron chi connectivity index (χ2n) is 9.76. The Kier molecular flexibility index (Phi) is 7.21. The van der Waals surface area contributed by atoms with Gasteiger partial charge in [0.2, 0.25) is 0 Å². The number of hydrogen-bond donors (Lipinski definition) is 1. The molecule has 0 spiro atoms. The predicted octanol–water partition coefficient (Wildman–Crippen LogP) is 3.44. The van der Waals surface area contributed by atoms with Crippen LogP contribution in [-0.2, 0) is 18.6 Å². The van der Waals surface area contributed by atoms with Crippen LogP contribution in [0.1, 0.15) is 40.1 Å². The van der Waals surface area contributed by atoms with Gasteiger partial charge in [-0.15, -0.1) is 0 Å². The molecule has 0 bridgehead atoms. The Bertz CT molecular complexity index is 1090. The van der Waals surface area contributed by atoms with Crippen LogP contribution in [0.4, 0.5) is 5.82 Å². The van der Waals surface area contributed by atoms with Crippen molar-refractivity contribution in [2.45, 2.75) is 63.4 Å². The Balaban J connectivity index is 1.86. The van der Waals surface area contributed by atoms with E-state index in [9.17, 15) is 9.59 Å². The number of anilines is 1. The largest absolute Gasteiger partial charge is 0.408 e. The number of carbonyl (C=O) groups is 1. The number of aromatic nitrogens is 2. The van der Waals surface area contributed by atoms with E-state index in [0.29, 0.717) is 5.56 Å². The highest BCUT2D eigenvalue weighted by Gasteiger charge is 2.51. The number of amides is 1. The van der Waals surface area contributed by atoms with E-state index < -0.39 is 45.6 Å². The molecule has 1 aliphatic heterocycles. The first-order valence-electron chi connectivity index (χ1n) is 12.3. The van der Waals surface area contributed by atoms with E-state index in [1.54, 1.807) is 30.3 Å². The zero-order valence-corrected chi connectivity index (χ0v) is 21.5. The maximum absolute atomic E-state index is 13.0. The molecule has 1 aliphatic rings. The molecule has 2 aromatic rings. The lowest BCUT2D eigenvalue weighted by atomic mass is 10.1. The summed E-state index contributed by atoms with van der Waals surface area (Å²) in [6.07, 6.45) is -1.34. The first-order valence-corrected chi connectivity index (χ1v) is 14.0. The number of rotatable bonds is 8. The average molecular weight is 493 g/mol. The van der Waals surface area contributed by atoms with E-state index in [4.69, 9.17) is 21.4 Å². The fourth-order valence-electron chi connectivity index (χ4n) is 3.53. The lowest BCUT2D eigenvalue weighted by Gasteiger charge is -2.40. The Morgan fingerprint density at radius 2 is 2.00 bits per heavy atom. The van der Waals surface area contributed by atoms with Gasteiger partial charge in [-0.2, -0.15) is 4.98 Å². The van der Waals surface area contributed by atoms with Crippen molar-refractivity contribution in [2.75, 3.05) is 26.1 Å². The minimum Gasteiger partial charge on any atom is -0.408 e. The molecule has 2 heterocycles. The van der Waals surface area contributed by atoms with Gasteiger partial charge in [0.15, 0.2) is 14.5 Å². The van der Waals surface area contributed by atoms with Gasteiger partial charge in [-0.3, -0.25) is 9.36 Å². The lowest BCUT2D eigenvalue weighted by Crippen LogP contribution is -2.50. The van der Waals surface area contributed by atoms with Crippen molar-refractivity contribution in [3.8, 4) is 0 Å². The van der Waals surface area contributed by atoms with Crippen LogP contribution in [0, 0.1) is 0 Å². The molecule has 3 rings (SSSR count). The summed E-state index contributed by atoms with van der Waals surface area (Å²) < 4.78 is 39.8. The molecule has 10 heteroatoms. The van der Waals surface area contributed by atoms with Gasteiger partial charge in [0, 0.05) is 25.9 Å². The molecule has 1 aromatic heterocycles. The second-order valence-corrected chi connectivity index (χ2v) is 14.5. The molecule has 0 saturated carbocycles. The Hall–Kier alpha value is -2.37. The van der Waals surface area contributed by atoms with E-state index in [2.05, 4.69) is 44.2 Å². The first-order chi connectivity index (χ1) is 16.8. The van der Waals surface area contributed by atoms with Crippen molar-refractivity contribution in [2.24, 2.45) is 0 Å². The summed E-state index contributed by atoms with van der Waals surface area (Å²) in [6.45, 7) is 10.5. The van der Waals surface area contributed by atoms with Gasteiger partial charge >= 0.3 is 5.69 Å². The molecule has 1 fully saturated rings. The van der Waals surface area contributed by atoms with Crippen LogP contribution in [0.15, 0.2) is 47.4 Å². The van der Waals surface area contributed by atoms with Crippen LogP contribution in [0.2, 0.25) is 18.1 Å². The van der Waals surface area contributed by atoms with Crippen LogP contribution >= 0.6 is 0 Å². The monoisotopic (exact) mass is 492 g/mol. The van der Waals surface area contributed by atoms with Crippen molar-refractivity contribution in [1.82, 2.24) is 9.55 Å². The van der Waals surface area contributed by atoms with Crippen molar-refractivity contribution in [3.05, 3.63) is 58.6 Å². The number of benzene rings is 1. The third-order valence-electron chi connectivity index (χ3n) is 6.44. The summed E-state index contributed by atoms with van der Waals surface area (Å²) in [6, 6.07) is 10.1. The zero-order chi connectivity index (χ0) is 26.7. The van der Waals surface area contributed by atoms with E-state index in [-0.39, 0.29) is 23.4 Å². The van der Waals surface area contributed by atoms with E-state index in [1.165, 1.54) is 23.9 Å². The quantitative estimate of drug-likeness (QED) is 0.563. The van der Waals surface area contributed by atoms with E-state index in [0.717, 1.165) is 0 Å². The van der Waals surface area contributed by atoms with E-state index >= 15 is 0 Å². The maximum atomic E-state index is 13.0. The third-order valence-corrected chi connectivity index (χ3v) is 10.9. The van der Waals surface area contributed by atoms with Gasteiger partial charge in [0.25, 0.3) is 5.91 Å². The van der Waals surface area contributed by atoms with Crippen molar-refractivity contribution in [1.29, 1.82) is 0 Å². The summed E-state index contributed by atoms with van der Waals surface area (Å²) in [5.74, 6) is -0.273. The normalized spacial score (nSPS) is 24.9. The summed E-state index contributed by atoms with van der Waals surface area (Å²) in [4.78, 5) is 29.4. The van der Waals surface area contributed by atoms with Gasteiger partial charge in [0.1, 0.15) is 24.1 Å². The Morgan fingerprint density at radius 1 is 1.29 bits per heavy atom. The molecular formula is C24H35N3O6Si. The van der Waals surface area contributed by atoms with Crippen molar-refractivity contribution >= 4 is 20.0 Å². The van der Waals surface area contributed by atoms with Gasteiger partial charge in [0.05, 0.1) is 9.35 Å². The summed E-state index contributed by atoms with van der Waals surface area (Å²) in [5, 5.41) is 2.53. The highest BCUT2D eigenvalue weighted by Crippen LogP contribution is 2.41. The summed E-state index contributed by atoms with van der Waals surface area (Å²) in [5.41, 5.74) is -0.197. The molecule has 186 valence electrons. The summed E-state index contributed by atoms with van der Waals surface area (Å²) >= 11 is 0. The van der Waals surface area contributed by atoms with Crippen LogP contribution < -0.4 is 11.0 Å². The molecule has 1 N–H and O–H groups in total. The fraction of sp³-hybridized carbons (Fsp3) is 0.542. The number of nitrogens with one attached hydrogen (secondary N) is 1. The molecule has 1 amide bonds. The first kappa shape index (κ1) is 23.4. The highest BCUT2D eigenvalue weighted by molar-refractivity contribution is 6.74. The van der Waals surface area contributed by atoms with Gasteiger partial charge in [-0.05, 0) is 36.3 Å². The number of nitrogens with zero attached hydrogens (tertiary/aromatic N) is 2. The van der Waals surface area contributed by atoms with E-state index in [1.807, 2.05) is 0 Å². The molecule has 5 atom stereocenters. The van der Waals surface area contributed by atoms with Crippen LogP contribution in [0.5, 0.6) is 0 Å². The summed E-state index contributed by atoms with van der Waals surface area (Å²) in [7, 11) is -2.27. The standard InChI is InChI=1S/C24H35N3O6Si/c1-24(2,3)34(6,7)33-19-17(15-30-4)32-22(20(19)31-5)27-14-13-18(26-23(27)29)25-21(28)16-11-9-8-10-12-16/h8-14,17,19-20,22H,15H2,1-7H3,(H,25,26,28,29)/i4TD. The van der Waals surface area contributed by atoms with Crippen LogP contribution in [-0.4, -0.2) is 62.9 Å². The molecular weight excluding hydrogens is 454 g/mol. The zero-order valence-electron chi connectivity index (χ0n) is 22.5. The molecule has 1 saturated heterocycles. The number of carbonyl (C=O) groups excluding carboxylic acids is 1. The molecule has 1 aromatic carbocycles.